The zero-order valence-corrected chi connectivity index (χ0v) is 17.9. The Morgan fingerprint density at radius 1 is 1.31 bits per heavy atom. The third-order valence-corrected chi connectivity index (χ3v) is 7.77. The van der Waals surface area contributed by atoms with E-state index in [0.717, 1.165) is 17.7 Å². The third kappa shape index (κ3) is 4.75. The number of sulfone groups is 1. The third-order valence-electron chi connectivity index (χ3n) is 5.95. The second-order valence-electron chi connectivity index (χ2n) is 8.68. The Hall–Kier alpha value is -1.64. The van der Waals surface area contributed by atoms with Gasteiger partial charge < -0.3 is 14.8 Å². The van der Waals surface area contributed by atoms with Crippen molar-refractivity contribution in [3.8, 4) is 5.75 Å². The van der Waals surface area contributed by atoms with Gasteiger partial charge in [-0.1, -0.05) is 18.2 Å². The van der Waals surface area contributed by atoms with Crippen LogP contribution >= 0.6 is 0 Å². The Balaban J connectivity index is 1.45. The van der Waals surface area contributed by atoms with Gasteiger partial charge in [0.1, 0.15) is 5.75 Å². The summed E-state index contributed by atoms with van der Waals surface area (Å²) >= 11 is 0. The number of hydrogen-bond acceptors (Lipinski definition) is 6. The molecule has 3 atom stereocenters. The van der Waals surface area contributed by atoms with Gasteiger partial charge in [-0.25, -0.2) is 8.42 Å². The molecule has 3 heterocycles. The van der Waals surface area contributed by atoms with Crippen molar-refractivity contribution in [2.45, 2.75) is 57.5 Å². The Morgan fingerprint density at radius 3 is 2.79 bits per heavy atom. The molecule has 8 heteroatoms. The van der Waals surface area contributed by atoms with E-state index in [2.05, 4.69) is 16.3 Å². The summed E-state index contributed by atoms with van der Waals surface area (Å²) in [6, 6.07) is 8.10. The minimum atomic E-state index is -2.95. The summed E-state index contributed by atoms with van der Waals surface area (Å²) in [7, 11) is -2.95. The van der Waals surface area contributed by atoms with Crippen LogP contribution in [0.3, 0.4) is 0 Å². The molecule has 0 saturated carbocycles. The van der Waals surface area contributed by atoms with Crippen LogP contribution < -0.4 is 10.1 Å². The quantitative estimate of drug-likeness (QED) is 0.745. The van der Waals surface area contributed by atoms with Crippen LogP contribution in [-0.2, 0) is 25.9 Å². The van der Waals surface area contributed by atoms with Gasteiger partial charge in [0.25, 0.3) is 0 Å². The summed E-state index contributed by atoms with van der Waals surface area (Å²) in [4.78, 5) is 15.1. The Kier molecular flexibility index (Phi) is 5.86. The zero-order valence-electron chi connectivity index (χ0n) is 17.0. The number of fused-ring (bicyclic) bond motifs is 1. The molecule has 3 aliphatic rings. The average Bonchev–Trinajstić information content (AvgIpc) is 3.10. The number of nitrogens with one attached hydrogen (secondary N) is 1. The van der Waals surface area contributed by atoms with Crippen molar-refractivity contribution in [2.75, 3.05) is 24.7 Å². The van der Waals surface area contributed by atoms with Crippen molar-refractivity contribution in [3.05, 3.63) is 29.8 Å². The molecule has 0 spiro atoms. The molecule has 0 unspecified atom stereocenters. The lowest BCUT2D eigenvalue weighted by molar-refractivity contribution is -0.130. The Morgan fingerprint density at radius 2 is 2.07 bits per heavy atom. The van der Waals surface area contributed by atoms with Gasteiger partial charge in [0.05, 0.1) is 35.7 Å². The Bertz CT molecular complexity index is 844. The molecule has 0 radical (unpaired) electrons. The lowest BCUT2D eigenvalue weighted by Gasteiger charge is -2.41. The molecule has 0 aliphatic carbocycles. The molecule has 1 amide bonds. The molecule has 160 valence electrons. The summed E-state index contributed by atoms with van der Waals surface area (Å²) in [5.41, 5.74) is 1.11. The number of rotatable bonds is 6. The molecule has 3 saturated heterocycles. The van der Waals surface area contributed by atoms with Gasteiger partial charge in [0.2, 0.25) is 5.91 Å². The number of ether oxygens (including phenoxy) is 2. The number of carbonyl (C=O) groups is 1. The molecule has 7 nitrogen and oxygen atoms in total. The first-order valence-electron chi connectivity index (χ1n) is 10.4. The summed E-state index contributed by atoms with van der Waals surface area (Å²) in [5, 5.41) is 2.92. The predicted molar refractivity (Wildman–Crippen MR) is 109 cm³/mol. The number of benzene rings is 1. The standard InChI is InChI=1S/C21H30N2O5S/c1-14(2)28-19-6-4-3-5-15(19)10-23-11-16(9-20-18(23)7-8-27-20)21(24)22-17-12-29(25,26)13-17/h3-6,14,16-18,20H,7-13H2,1-2H3,(H,22,24)/t16-,18+,20+/m0/s1. The summed E-state index contributed by atoms with van der Waals surface area (Å²) in [6.07, 6.45) is 1.80. The van der Waals surface area contributed by atoms with Gasteiger partial charge in [-0.3, -0.25) is 9.69 Å². The van der Waals surface area contributed by atoms with Crippen molar-refractivity contribution >= 4 is 15.7 Å². The molecule has 0 bridgehead atoms. The first-order chi connectivity index (χ1) is 13.8. The number of likely N-dealkylation sites (tertiary alicyclic amines) is 1. The topological polar surface area (TPSA) is 84.9 Å². The van der Waals surface area contributed by atoms with E-state index in [1.165, 1.54) is 0 Å². The van der Waals surface area contributed by atoms with Crippen LogP contribution in [0.2, 0.25) is 0 Å². The zero-order chi connectivity index (χ0) is 20.6. The van der Waals surface area contributed by atoms with E-state index in [4.69, 9.17) is 9.47 Å². The van der Waals surface area contributed by atoms with Crippen LogP contribution in [0.1, 0.15) is 32.3 Å². The minimum absolute atomic E-state index is 0.0443. The van der Waals surface area contributed by atoms with Gasteiger partial charge >= 0.3 is 0 Å². The predicted octanol–water partition coefficient (Wildman–Crippen LogP) is 1.37. The lowest BCUT2D eigenvalue weighted by Crippen LogP contribution is -2.57. The fourth-order valence-electron chi connectivity index (χ4n) is 4.61. The van der Waals surface area contributed by atoms with Gasteiger partial charge in [0.15, 0.2) is 9.84 Å². The normalized spacial score (nSPS) is 29.3. The average molecular weight is 423 g/mol. The summed E-state index contributed by atoms with van der Waals surface area (Å²) < 4.78 is 34.7. The van der Waals surface area contributed by atoms with E-state index in [1.807, 2.05) is 32.0 Å². The first-order valence-corrected chi connectivity index (χ1v) is 12.2. The highest BCUT2D eigenvalue weighted by atomic mass is 32.2. The summed E-state index contributed by atoms with van der Waals surface area (Å²) in [6.45, 7) is 6.09. The smallest absolute Gasteiger partial charge is 0.224 e. The number of para-hydroxylation sites is 1. The number of hydrogen-bond donors (Lipinski definition) is 1. The van der Waals surface area contributed by atoms with Crippen LogP contribution in [0, 0.1) is 5.92 Å². The molecule has 4 rings (SSSR count). The second-order valence-corrected chi connectivity index (χ2v) is 10.8. The van der Waals surface area contributed by atoms with E-state index < -0.39 is 9.84 Å². The maximum absolute atomic E-state index is 12.8. The molecule has 3 fully saturated rings. The minimum Gasteiger partial charge on any atom is -0.491 e. The molecule has 3 aliphatic heterocycles. The van der Waals surface area contributed by atoms with Crippen molar-refractivity contribution in [1.29, 1.82) is 0 Å². The van der Waals surface area contributed by atoms with E-state index in [-0.39, 0.29) is 41.6 Å². The Labute approximate surface area is 172 Å². The van der Waals surface area contributed by atoms with Crippen molar-refractivity contribution in [1.82, 2.24) is 10.2 Å². The van der Waals surface area contributed by atoms with E-state index in [1.54, 1.807) is 0 Å². The van der Waals surface area contributed by atoms with Crippen molar-refractivity contribution in [2.24, 2.45) is 5.92 Å². The number of carbonyl (C=O) groups excluding carboxylic acids is 1. The van der Waals surface area contributed by atoms with E-state index in [0.29, 0.717) is 32.2 Å². The number of amides is 1. The van der Waals surface area contributed by atoms with E-state index in [9.17, 15) is 13.2 Å². The fourth-order valence-corrected chi connectivity index (χ4v) is 5.91. The van der Waals surface area contributed by atoms with Crippen LogP contribution in [0.5, 0.6) is 5.75 Å². The largest absolute Gasteiger partial charge is 0.491 e. The lowest BCUT2D eigenvalue weighted by atomic mass is 9.88. The molecule has 29 heavy (non-hydrogen) atoms. The highest BCUT2D eigenvalue weighted by Crippen LogP contribution is 2.34. The van der Waals surface area contributed by atoms with Crippen LogP contribution in [0.4, 0.5) is 0 Å². The van der Waals surface area contributed by atoms with Gasteiger partial charge in [-0.05, 0) is 32.8 Å². The highest BCUT2D eigenvalue weighted by molar-refractivity contribution is 7.92. The maximum atomic E-state index is 12.8. The SMILES string of the molecule is CC(C)Oc1ccccc1CN1C[C@@H](C(=O)NC2CS(=O)(=O)C2)C[C@H]2OCC[C@H]21. The van der Waals surface area contributed by atoms with Gasteiger partial charge in [0, 0.05) is 31.3 Å². The maximum Gasteiger partial charge on any atom is 0.224 e. The molecule has 1 N–H and O–H groups in total. The van der Waals surface area contributed by atoms with Crippen molar-refractivity contribution < 1.29 is 22.7 Å². The number of piperidine rings is 1. The number of nitrogens with zero attached hydrogens (tertiary/aromatic N) is 1. The van der Waals surface area contributed by atoms with Crippen molar-refractivity contribution in [3.63, 3.8) is 0 Å². The van der Waals surface area contributed by atoms with Crippen LogP contribution in [-0.4, -0.2) is 68.2 Å². The summed E-state index contributed by atoms with van der Waals surface area (Å²) in [5.74, 6) is 0.727. The molecular weight excluding hydrogens is 392 g/mol. The fraction of sp³-hybridized carbons (Fsp3) is 0.667. The second kappa shape index (κ2) is 8.24. The van der Waals surface area contributed by atoms with Gasteiger partial charge in [-0.2, -0.15) is 0 Å². The van der Waals surface area contributed by atoms with Crippen LogP contribution in [0.25, 0.3) is 0 Å². The first kappa shape index (κ1) is 20.6. The molecule has 1 aromatic carbocycles. The van der Waals surface area contributed by atoms with Crippen LogP contribution in [0.15, 0.2) is 24.3 Å². The molecule has 0 aromatic heterocycles. The molecular formula is C21H30N2O5S. The van der Waals surface area contributed by atoms with Gasteiger partial charge in [-0.15, -0.1) is 0 Å². The van der Waals surface area contributed by atoms with E-state index >= 15 is 0 Å². The molecule has 1 aromatic rings. The monoisotopic (exact) mass is 422 g/mol. The highest BCUT2D eigenvalue weighted by Gasteiger charge is 2.43.